The first kappa shape index (κ1) is 38.1. The number of hydrogen-bond acceptors (Lipinski definition) is 4. The van der Waals surface area contributed by atoms with E-state index in [0.29, 0.717) is 42.3 Å². The highest BCUT2D eigenvalue weighted by Gasteiger charge is 2.69. The van der Waals surface area contributed by atoms with Gasteiger partial charge in [-0.15, -0.1) is 6.58 Å². The molecule has 1 saturated heterocycles. The van der Waals surface area contributed by atoms with Crippen LogP contribution in [0.4, 0.5) is 0 Å². The van der Waals surface area contributed by atoms with E-state index in [2.05, 4.69) is 53.3 Å². The largest absolute Gasteiger partial charge is 0.478 e. The summed E-state index contributed by atoms with van der Waals surface area (Å²) >= 11 is 0. The van der Waals surface area contributed by atoms with Gasteiger partial charge in [0, 0.05) is 13.1 Å². The highest BCUT2D eigenvalue weighted by Crippen LogP contribution is 2.77. The average Bonchev–Trinajstić information content (AvgIpc) is 3.48. The Balaban J connectivity index is 0.00000107. The Morgan fingerprint density at radius 2 is 1.49 bits per heavy atom. The maximum atomic E-state index is 13.2. The number of carbonyl (C=O) groups is 2. The molecule has 1 aromatic carbocycles. The van der Waals surface area contributed by atoms with Crippen molar-refractivity contribution in [3.8, 4) is 0 Å². The summed E-state index contributed by atoms with van der Waals surface area (Å²) in [6.45, 7) is 20.9. The van der Waals surface area contributed by atoms with E-state index in [1.54, 1.807) is 17.0 Å². The van der Waals surface area contributed by atoms with E-state index in [1.165, 1.54) is 56.1 Å². The molecule has 0 bridgehead atoms. The molecule has 8 atom stereocenters. The summed E-state index contributed by atoms with van der Waals surface area (Å²) < 4.78 is 23.8. The highest BCUT2D eigenvalue weighted by molar-refractivity contribution is 7.91. The summed E-state index contributed by atoms with van der Waals surface area (Å²) in [4.78, 5) is 26.4. The molecule has 4 saturated carbocycles. The molecule has 51 heavy (non-hydrogen) atoms. The normalized spacial score (nSPS) is 39.3. The third-order valence-electron chi connectivity index (χ3n) is 15.7. The lowest BCUT2D eigenvalue weighted by Gasteiger charge is -2.72. The zero-order chi connectivity index (χ0) is 37.2. The molecule has 280 valence electrons. The monoisotopic (exact) mass is 717 g/mol. The molecule has 5 aliphatic carbocycles. The number of fused-ring (bicyclic) bond motifs is 7. The molecular formula is C44H63NO5S. The molecule has 6 nitrogen and oxygen atoms in total. The van der Waals surface area contributed by atoms with Gasteiger partial charge in [-0.05, 0) is 152 Å². The van der Waals surface area contributed by atoms with E-state index >= 15 is 0 Å². The van der Waals surface area contributed by atoms with Crippen molar-refractivity contribution >= 4 is 27.3 Å². The van der Waals surface area contributed by atoms with Crippen LogP contribution < -0.4 is 0 Å². The molecule has 1 N–H and O–H groups in total. The van der Waals surface area contributed by atoms with Gasteiger partial charge in [0.15, 0.2) is 9.84 Å². The van der Waals surface area contributed by atoms with Gasteiger partial charge in [0.2, 0.25) is 5.91 Å². The molecule has 0 aromatic heterocycles. The van der Waals surface area contributed by atoms with Crippen molar-refractivity contribution in [2.45, 2.75) is 113 Å². The third kappa shape index (κ3) is 6.39. The molecule has 2 unspecified atom stereocenters. The second-order valence-corrected chi connectivity index (χ2v) is 21.1. The number of aromatic carboxylic acids is 1. The van der Waals surface area contributed by atoms with Gasteiger partial charge in [0.05, 0.1) is 17.1 Å². The van der Waals surface area contributed by atoms with Crippen LogP contribution in [0, 0.1) is 50.7 Å². The van der Waals surface area contributed by atoms with Gasteiger partial charge in [-0.3, -0.25) is 4.79 Å². The second-order valence-electron chi connectivity index (χ2n) is 18.8. The van der Waals surface area contributed by atoms with Crippen LogP contribution in [0.25, 0.3) is 5.57 Å². The van der Waals surface area contributed by atoms with Crippen LogP contribution in [-0.2, 0) is 14.6 Å². The maximum Gasteiger partial charge on any atom is 0.335 e. The summed E-state index contributed by atoms with van der Waals surface area (Å²) in [5.74, 6) is 1.76. The molecule has 7 heteroatoms. The number of nitrogens with zero attached hydrogens (tertiary/aromatic N) is 1. The lowest BCUT2D eigenvalue weighted by atomic mass is 9.32. The van der Waals surface area contributed by atoms with Crippen LogP contribution in [0.5, 0.6) is 0 Å². The lowest BCUT2D eigenvalue weighted by molar-refractivity contribution is -0.218. The van der Waals surface area contributed by atoms with Crippen molar-refractivity contribution in [2.24, 2.45) is 50.7 Å². The number of allylic oxidation sites excluding steroid dienone is 4. The Morgan fingerprint density at radius 1 is 0.843 bits per heavy atom. The van der Waals surface area contributed by atoms with Crippen LogP contribution >= 0.6 is 0 Å². The number of benzene rings is 1. The summed E-state index contributed by atoms with van der Waals surface area (Å²) in [6.07, 6.45) is 18.7. The van der Waals surface area contributed by atoms with E-state index < -0.39 is 15.8 Å². The zero-order valence-corrected chi connectivity index (χ0v) is 33.2. The summed E-state index contributed by atoms with van der Waals surface area (Å²) in [5, 5.41) is 9.44. The quantitative estimate of drug-likeness (QED) is 0.248. The number of carboxylic acid groups (broad SMARTS) is 1. The Bertz CT molecular complexity index is 1710. The predicted octanol–water partition coefficient (Wildman–Crippen LogP) is 9.63. The smallest absolute Gasteiger partial charge is 0.335 e. The molecule has 0 radical (unpaired) electrons. The number of hydrogen-bond donors (Lipinski definition) is 1. The van der Waals surface area contributed by atoms with Gasteiger partial charge in [0.25, 0.3) is 0 Å². The fourth-order valence-electron chi connectivity index (χ4n) is 13.1. The Kier molecular flexibility index (Phi) is 9.94. The van der Waals surface area contributed by atoms with Gasteiger partial charge in [-0.1, -0.05) is 70.9 Å². The van der Waals surface area contributed by atoms with Gasteiger partial charge < -0.3 is 10.0 Å². The van der Waals surface area contributed by atoms with Gasteiger partial charge >= 0.3 is 5.97 Å². The predicted molar refractivity (Wildman–Crippen MR) is 207 cm³/mol. The number of rotatable bonds is 4. The second kappa shape index (κ2) is 13.3. The highest BCUT2D eigenvalue weighted by atomic mass is 32.2. The van der Waals surface area contributed by atoms with Crippen molar-refractivity contribution in [3.05, 3.63) is 65.8 Å². The number of carboxylic acids is 1. The topological polar surface area (TPSA) is 91.8 Å². The van der Waals surface area contributed by atoms with E-state index in [-0.39, 0.29) is 44.5 Å². The van der Waals surface area contributed by atoms with Crippen LogP contribution in [0.1, 0.15) is 129 Å². The molecular weight excluding hydrogens is 655 g/mol. The van der Waals surface area contributed by atoms with Crippen LogP contribution in [-0.4, -0.2) is 54.9 Å². The molecule has 1 aromatic rings. The van der Waals surface area contributed by atoms with E-state index in [4.69, 9.17) is 0 Å². The van der Waals surface area contributed by atoms with Crippen molar-refractivity contribution in [2.75, 3.05) is 24.6 Å². The third-order valence-corrected chi connectivity index (χ3v) is 17.3. The number of carbonyl (C=O) groups excluding carboxylic acids is 1. The lowest BCUT2D eigenvalue weighted by Crippen LogP contribution is -2.64. The van der Waals surface area contributed by atoms with E-state index in [1.807, 2.05) is 32.1 Å². The Morgan fingerprint density at radius 3 is 2.12 bits per heavy atom. The fourth-order valence-corrected chi connectivity index (χ4v) is 14.3. The Hall–Kier alpha value is -2.67. The first-order valence-electron chi connectivity index (χ1n) is 19.6. The van der Waals surface area contributed by atoms with E-state index in [9.17, 15) is 23.1 Å². The van der Waals surface area contributed by atoms with Gasteiger partial charge in [0.1, 0.15) is 0 Å². The molecule has 0 spiro atoms. The van der Waals surface area contributed by atoms with Crippen molar-refractivity contribution in [3.63, 3.8) is 0 Å². The van der Waals surface area contributed by atoms with Crippen LogP contribution in [0.3, 0.4) is 0 Å². The zero-order valence-electron chi connectivity index (χ0n) is 32.4. The van der Waals surface area contributed by atoms with Crippen LogP contribution in [0.15, 0.2) is 54.6 Å². The summed E-state index contributed by atoms with van der Waals surface area (Å²) in [6, 6.07) is 7.52. The fraction of sp³-hybridized carbons (Fsp3) is 0.682. The molecule has 7 rings (SSSR count). The minimum absolute atomic E-state index is 0.000129. The minimum atomic E-state index is -3.01. The number of sulfone groups is 1. The maximum absolute atomic E-state index is 13.2. The molecule has 1 aliphatic heterocycles. The average molecular weight is 718 g/mol. The van der Waals surface area contributed by atoms with Crippen molar-refractivity contribution in [1.29, 1.82) is 0 Å². The molecule has 1 amide bonds. The standard InChI is InChI=1S/C40H55NO5S.C4H8/c1-36(2)29(27-8-10-28(11-9-27)35(43)44)14-18-37(3)32(36)15-19-39(5)33(37)13-12-30-31-7-6-17-40(31,22-21-38(30,39)4)20-16-34(42)41-23-25-47(45,46)26-24-41;1-4(2)3/h8-11,14,16,20,30-33H,6-7,12-13,15,17-19,21-26H2,1-5H3,(H,43,44);1H2,2-3H3/b20-16+;/t30-,31-,32?,33?,37+,38-,39-,40+;/m1./s1. The van der Waals surface area contributed by atoms with Crippen molar-refractivity contribution < 1.29 is 23.1 Å². The first-order chi connectivity index (χ1) is 23.8. The summed E-state index contributed by atoms with van der Waals surface area (Å²) in [5.41, 5.74) is 4.88. The molecule has 1 heterocycles. The molecule has 6 aliphatic rings. The van der Waals surface area contributed by atoms with Gasteiger partial charge in [-0.25, -0.2) is 13.2 Å². The summed E-state index contributed by atoms with van der Waals surface area (Å²) in [7, 11) is -3.01. The Labute approximate surface area is 308 Å². The van der Waals surface area contributed by atoms with Crippen LogP contribution in [0.2, 0.25) is 0 Å². The van der Waals surface area contributed by atoms with Crippen molar-refractivity contribution in [1.82, 2.24) is 4.90 Å². The first-order valence-corrected chi connectivity index (χ1v) is 21.5. The minimum Gasteiger partial charge on any atom is -0.478 e. The number of amides is 1. The van der Waals surface area contributed by atoms with E-state index in [0.717, 1.165) is 24.8 Å². The van der Waals surface area contributed by atoms with Gasteiger partial charge in [-0.2, -0.15) is 0 Å². The SMILES string of the molecule is C=C(C)C.CC1(C)C(c2ccc(C(=O)O)cc2)=CC[C@@]2(C)C1CC[C@]1(C)C2CC[C@@H]2[C@H]3CCC[C@]3(/C=C/C(=O)N3CCS(=O)(=O)CC3)CC[C@]21C. The molecule has 5 fully saturated rings.